The number of ether oxygens (including phenoxy) is 2. The molecule has 0 fully saturated rings. The van der Waals surface area contributed by atoms with Crippen molar-refractivity contribution in [3.63, 3.8) is 0 Å². The van der Waals surface area contributed by atoms with Crippen molar-refractivity contribution in [2.24, 2.45) is 0 Å². The Bertz CT molecular complexity index is 591. The third kappa shape index (κ3) is 3.16. The van der Waals surface area contributed by atoms with Gasteiger partial charge in [0.25, 0.3) is 0 Å². The molecule has 4 heteroatoms. The first-order valence-electron chi connectivity index (χ1n) is 6.25. The van der Waals surface area contributed by atoms with Gasteiger partial charge in [-0.25, -0.2) is 4.79 Å². The zero-order chi connectivity index (χ0) is 14.5. The summed E-state index contributed by atoms with van der Waals surface area (Å²) in [5.41, 5.74) is 1.16. The zero-order valence-corrected chi connectivity index (χ0v) is 11.4. The lowest BCUT2D eigenvalue weighted by molar-refractivity contribution is 0.0729. The number of aliphatic hydroxyl groups excluding tert-OH is 1. The van der Waals surface area contributed by atoms with E-state index in [0.717, 1.165) is 0 Å². The number of hydrogen-bond acceptors (Lipinski definition) is 4. The lowest BCUT2D eigenvalue weighted by atomic mass is 10.1. The van der Waals surface area contributed by atoms with Crippen molar-refractivity contribution in [1.82, 2.24) is 0 Å². The van der Waals surface area contributed by atoms with E-state index in [1.807, 2.05) is 6.07 Å². The number of hydrogen-bond donors (Lipinski definition) is 1. The Kier molecular flexibility index (Phi) is 4.38. The van der Waals surface area contributed by atoms with E-state index in [1.54, 1.807) is 49.4 Å². The summed E-state index contributed by atoms with van der Waals surface area (Å²) in [5, 5.41) is 9.53. The fraction of sp³-hybridized carbons (Fsp3) is 0.188. The molecule has 2 aromatic carbocycles. The summed E-state index contributed by atoms with van der Waals surface area (Å²) in [6, 6.07) is 13.7. The van der Waals surface area contributed by atoms with Crippen LogP contribution in [-0.4, -0.2) is 18.2 Å². The molecule has 1 N–H and O–H groups in total. The van der Waals surface area contributed by atoms with Crippen molar-refractivity contribution in [2.75, 3.05) is 7.11 Å². The first-order valence-corrected chi connectivity index (χ1v) is 6.25. The topological polar surface area (TPSA) is 55.8 Å². The van der Waals surface area contributed by atoms with Gasteiger partial charge in [-0.15, -0.1) is 0 Å². The summed E-state index contributed by atoms with van der Waals surface area (Å²) in [6.07, 6.45) is -0.609. The Labute approximate surface area is 117 Å². The van der Waals surface area contributed by atoms with E-state index in [4.69, 9.17) is 9.47 Å². The third-order valence-electron chi connectivity index (χ3n) is 2.88. The van der Waals surface area contributed by atoms with Crippen LogP contribution in [0.1, 0.15) is 28.9 Å². The number of esters is 1. The van der Waals surface area contributed by atoms with E-state index in [9.17, 15) is 9.90 Å². The van der Waals surface area contributed by atoms with Gasteiger partial charge in [0.2, 0.25) is 0 Å². The minimum Gasteiger partial charge on any atom is -0.493 e. The molecule has 0 heterocycles. The van der Waals surface area contributed by atoms with E-state index < -0.39 is 12.1 Å². The fourth-order valence-corrected chi connectivity index (χ4v) is 1.76. The maximum Gasteiger partial charge on any atom is 0.343 e. The first-order chi connectivity index (χ1) is 9.61. The summed E-state index contributed by atoms with van der Waals surface area (Å²) in [4.78, 5) is 12.0. The van der Waals surface area contributed by atoms with Gasteiger partial charge in [0.05, 0.1) is 18.8 Å². The van der Waals surface area contributed by atoms with Gasteiger partial charge in [0.15, 0.2) is 11.5 Å². The highest BCUT2D eigenvalue weighted by Gasteiger charge is 2.13. The summed E-state index contributed by atoms with van der Waals surface area (Å²) in [7, 11) is 1.49. The van der Waals surface area contributed by atoms with Crippen LogP contribution in [0.25, 0.3) is 0 Å². The van der Waals surface area contributed by atoms with Crippen molar-refractivity contribution in [3.8, 4) is 11.5 Å². The minimum absolute atomic E-state index is 0.325. The second-order valence-electron chi connectivity index (χ2n) is 4.34. The monoisotopic (exact) mass is 272 g/mol. The molecule has 0 saturated heterocycles. The van der Waals surface area contributed by atoms with Gasteiger partial charge >= 0.3 is 5.97 Å². The minimum atomic E-state index is -0.609. The van der Waals surface area contributed by atoms with Crippen molar-refractivity contribution < 1.29 is 19.4 Å². The highest BCUT2D eigenvalue weighted by Crippen LogP contribution is 2.30. The van der Waals surface area contributed by atoms with Crippen LogP contribution in [0, 0.1) is 0 Å². The third-order valence-corrected chi connectivity index (χ3v) is 2.88. The molecule has 0 aromatic heterocycles. The molecule has 0 bridgehead atoms. The lowest BCUT2D eigenvalue weighted by Crippen LogP contribution is -2.09. The zero-order valence-electron chi connectivity index (χ0n) is 11.4. The number of aliphatic hydroxyl groups is 1. The summed E-state index contributed by atoms with van der Waals surface area (Å²) < 4.78 is 10.5. The van der Waals surface area contributed by atoms with Gasteiger partial charge in [-0.1, -0.05) is 24.3 Å². The molecule has 0 aliphatic carbocycles. The maximum absolute atomic E-state index is 12.0. The van der Waals surface area contributed by atoms with Crippen molar-refractivity contribution >= 4 is 5.97 Å². The molecule has 104 valence electrons. The number of carbonyl (C=O) groups is 1. The Morgan fingerprint density at radius 1 is 1.10 bits per heavy atom. The largest absolute Gasteiger partial charge is 0.493 e. The quantitative estimate of drug-likeness (QED) is 0.686. The molecule has 4 nitrogen and oxygen atoms in total. The Morgan fingerprint density at radius 3 is 2.40 bits per heavy atom. The Morgan fingerprint density at radius 2 is 1.80 bits per heavy atom. The number of carbonyl (C=O) groups excluding carboxylic acids is 1. The van der Waals surface area contributed by atoms with Crippen molar-refractivity contribution in [3.05, 3.63) is 59.7 Å². The van der Waals surface area contributed by atoms with Crippen molar-refractivity contribution in [1.29, 1.82) is 0 Å². The number of benzene rings is 2. The SMILES string of the molecule is COc1cc([C@@H](C)O)ccc1OC(=O)c1ccccc1. The molecule has 2 aromatic rings. The smallest absolute Gasteiger partial charge is 0.343 e. The van der Waals surface area contributed by atoms with Crippen LogP contribution in [0.5, 0.6) is 11.5 Å². The summed E-state index contributed by atoms with van der Waals surface area (Å²) in [6.45, 7) is 1.66. The van der Waals surface area contributed by atoms with E-state index in [2.05, 4.69) is 0 Å². The summed E-state index contributed by atoms with van der Waals surface area (Å²) >= 11 is 0. The van der Waals surface area contributed by atoms with Crippen LogP contribution in [0.2, 0.25) is 0 Å². The number of methoxy groups -OCH3 is 1. The van der Waals surface area contributed by atoms with Crippen LogP contribution in [0.15, 0.2) is 48.5 Å². The molecule has 20 heavy (non-hydrogen) atoms. The molecule has 0 unspecified atom stereocenters. The molecule has 0 aliphatic rings. The van der Waals surface area contributed by atoms with E-state index in [-0.39, 0.29) is 0 Å². The highest BCUT2D eigenvalue weighted by molar-refractivity contribution is 5.91. The molecule has 0 saturated carbocycles. The fourth-order valence-electron chi connectivity index (χ4n) is 1.76. The van der Waals surface area contributed by atoms with Gasteiger partial charge in [-0.2, -0.15) is 0 Å². The lowest BCUT2D eigenvalue weighted by Gasteiger charge is -2.12. The van der Waals surface area contributed by atoms with Gasteiger partial charge in [0, 0.05) is 0 Å². The van der Waals surface area contributed by atoms with Crippen LogP contribution >= 0.6 is 0 Å². The average Bonchev–Trinajstić information content (AvgIpc) is 2.48. The van der Waals surface area contributed by atoms with Gasteiger partial charge < -0.3 is 14.6 Å². The molecule has 1 atom stereocenters. The molecule has 0 aliphatic heterocycles. The summed E-state index contributed by atoms with van der Waals surface area (Å²) in [5.74, 6) is 0.284. The average molecular weight is 272 g/mol. The van der Waals surface area contributed by atoms with Crippen LogP contribution < -0.4 is 9.47 Å². The Hall–Kier alpha value is -2.33. The van der Waals surface area contributed by atoms with E-state index in [1.165, 1.54) is 7.11 Å². The molecule has 0 spiro atoms. The normalized spacial score (nSPS) is 11.8. The highest BCUT2D eigenvalue weighted by atomic mass is 16.6. The van der Waals surface area contributed by atoms with E-state index >= 15 is 0 Å². The van der Waals surface area contributed by atoms with Gasteiger partial charge in [-0.3, -0.25) is 0 Å². The van der Waals surface area contributed by atoms with Crippen LogP contribution in [0.3, 0.4) is 0 Å². The standard InChI is InChI=1S/C16H16O4/c1-11(17)13-8-9-14(15(10-13)19-2)20-16(18)12-6-4-3-5-7-12/h3-11,17H,1-2H3/t11-/m1/s1. The van der Waals surface area contributed by atoms with Crippen molar-refractivity contribution in [2.45, 2.75) is 13.0 Å². The predicted molar refractivity (Wildman–Crippen MR) is 75.0 cm³/mol. The molecular weight excluding hydrogens is 256 g/mol. The maximum atomic E-state index is 12.0. The van der Waals surface area contributed by atoms with E-state index in [0.29, 0.717) is 22.6 Å². The van der Waals surface area contributed by atoms with Crippen LogP contribution in [-0.2, 0) is 0 Å². The molecular formula is C16H16O4. The number of rotatable bonds is 4. The molecule has 0 amide bonds. The van der Waals surface area contributed by atoms with Gasteiger partial charge in [0.1, 0.15) is 0 Å². The Balaban J connectivity index is 2.23. The molecule has 2 rings (SSSR count). The van der Waals surface area contributed by atoms with Gasteiger partial charge in [-0.05, 0) is 36.8 Å². The first kappa shape index (κ1) is 14.1. The van der Waals surface area contributed by atoms with Crippen LogP contribution in [0.4, 0.5) is 0 Å². The second kappa shape index (κ2) is 6.21. The molecule has 0 radical (unpaired) electrons. The predicted octanol–water partition coefficient (Wildman–Crippen LogP) is 2.97. The second-order valence-corrected chi connectivity index (χ2v) is 4.34.